The molecule has 0 saturated heterocycles. The summed E-state index contributed by atoms with van der Waals surface area (Å²) in [5.74, 6) is -0.878. The third-order valence-corrected chi connectivity index (χ3v) is 2.72. The van der Waals surface area contributed by atoms with Crippen molar-refractivity contribution in [1.82, 2.24) is 4.98 Å². The van der Waals surface area contributed by atoms with Crippen LogP contribution >= 0.6 is 11.6 Å². The molecule has 0 aliphatic heterocycles. The second-order valence-electron chi connectivity index (χ2n) is 3.87. The molecule has 4 heteroatoms. The van der Waals surface area contributed by atoms with E-state index in [4.69, 9.17) is 11.6 Å². The SMILES string of the molecule is Cc1cnc(Cc2ccc(Cl)c(F)c2)c(F)c1. The molecule has 0 atom stereocenters. The van der Waals surface area contributed by atoms with Crippen molar-refractivity contribution in [2.45, 2.75) is 13.3 Å². The van der Waals surface area contributed by atoms with Gasteiger partial charge in [-0.15, -0.1) is 0 Å². The molecule has 1 nitrogen and oxygen atoms in total. The predicted molar refractivity (Wildman–Crippen MR) is 63.1 cm³/mol. The van der Waals surface area contributed by atoms with Gasteiger partial charge in [0.05, 0.1) is 10.7 Å². The molecule has 1 heterocycles. The first-order chi connectivity index (χ1) is 8.06. The zero-order chi connectivity index (χ0) is 12.4. The minimum atomic E-state index is -0.503. The molecule has 0 fully saturated rings. The highest BCUT2D eigenvalue weighted by molar-refractivity contribution is 6.30. The monoisotopic (exact) mass is 253 g/mol. The van der Waals surface area contributed by atoms with Crippen molar-refractivity contribution in [2.75, 3.05) is 0 Å². The molecular formula is C13H10ClF2N. The van der Waals surface area contributed by atoms with Gasteiger partial charge >= 0.3 is 0 Å². The molecular weight excluding hydrogens is 244 g/mol. The van der Waals surface area contributed by atoms with Gasteiger partial charge in [-0.05, 0) is 36.2 Å². The molecule has 0 spiro atoms. The largest absolute Gasteiger partial charge is 0.258 e. The van der Waals surface area contributed by atoms with E-state index in [1.165, 1.54) is 18.2 Å². The molecule has 0 saturated carbocycles. The number of aromatic nitrogens is 1. The summed E-state index contributed by atoms with van der Waals surface area (Å²) in [7, 11) is 0. The topological polar surface area (TPSA) is 12.9 Å². The van der Waals surface area contributed by atoms with Crippen LogP contribution in [0.15, 0.2) is 30.5 Å². The number of benzene rings is 1. The van der Waals surface area contributed by atoms with Crippen molar-refractivity contribution in [3.63, 3.8) is 0 Å². The Bertz CT molecular complexity index is 555. The fourth-order valence-electron chi connectivity index (χ4n) is 1.53. The molecule has 88 valence electrons. The first-order valence-corrected chi connectivity index (χ1v) is 5.49. The van der Waals surface area contributed by atoms with Gasteiger partial charge in [0.25, 0.3) is 0 Å². The zero-order valence-electron chi connectivity index (χ0n) is 9.17. The number of rotatable bonds is 2. The highest BCUT2D eigenvalue weighted by Crippen LogP contribution is 2.18. The summed E-state index contributed by atoms with van der Waals surface area (Å²) in [4.78, 5) is 3.99. The van der Waals surface area contributed by atoms with Gasteiger partial charge in [-0.3, -0.25) is 4.98 Å². The van der Waals surface area contributed by atoms with Crippen molar-refractivity contribution in [3.05, 3.63) is 63.9 Å². The summed E-state index contributed by atoms with van der Waals surface area (Å²) in [5, 5.41) is 0.0612. The summed E-state index contributed by atoms with van der Waals surface area (Å²) in [5.41, 5.74) is 1.70. The van der Waals surface area contributed by atoms with E-state index in [9.17, 15) is 8.78 Å². The number of pyridine rings is 1. The van der Waals surface area contributed by atoms with Crippen LogP contribution in [0, 0.1) is 18.6 Å². The number of hydrogen-bond acceptors (Lipinski definition) is 1. The molecule has 17 heavy (non-hydrogen) atoms. The second-order valence-corrected chi connectivity index (χ2v) is 4.27. The van der Waals surface area contributed by atoms with Crippen LogP contribution in [0.4, 0.5) is 8.78 Å². The lowest BCUT2D eigenvalue weighted by atomic mass is 10.1. The Labute approximate surface area is 103 Å². The van der Waals surface area contributed by atoms with E-state index >= 15 is 0 Å². The van der Waals surface area contributed by atoms with E-state index in [0.717, 1.165) is 5.56 Å². The number of aryl methyl sites for hydroxylation is 1. The van der Waals surface area contributed by atoms with Crippen molar-refractivity contribution in [2.24, 2.45) is 0 Å². The molecule has 0 bridgehead atoms. The van der Waals surface area contributed by atoms with Crippen LogP contribution in [0.1, 0.15) is 16.8 Å². The van der Waals surface area contributed by atoms with Gasteiger partial charge in [-0.25, -0.2) is 8.78 Å². The van der Waals surface area contributed by atoms with Gasteiger partial charge in [0, 0.05) is 12.6 Å². The summed E-state index contributed by atoms with van der Waals surface area (Å²) in [6.45, 7) is 1.77. The Hall–Kier alpha value is -1.48. The molecule has 0 unspecified atom stereocenters. The van der Waals surface area contributed by atoms with E-state index < -0.39 is 5.82 Å². The van der Waals surface area contributed by atoms with E-state index in [1.807, 2.05) is 0 Å². The highest BCUT2D eigenvalue weighted by Gasteiger charge is 2.07. The van der Waals surface area contributed by atoms with Crippen LogP contribution in [0.25, 0.3) is 0 Å². The summed E-state index contributed by atoms with van der Waals surface area (Å²) in [6, 6.07) is 5.82. The van der Waals surface area contributed by atoms with Crippen LogP contribution in [0.5, 0.6) is 0 Å². The van der Waals surface area contributed by atoms with E-state index in [1.54, 1.807) is 19.2 Å². The summed E-state index contributed by atoms with van der Waals surface area (Å²) < 4.78 is 26.7. The zero-order valence-corrected chi connectivity index (χ0v) is 9.93. The number of halogens is 3. The minimum absolute atomic E-state index is 0.0612. The second kappa shape index (κ2) is 4.80. The average Bonchev–Trinajstić information content (AvgIpc) is 2.27. The molecule has 0 aliphatic rings. The smallest absolute Gasteiger partial charge is 0.145 e. The van der Waals surface area contributed by atoms with Crippen LogP contribution in [-0.2, 0) is 6.42 Å². The Balaban J connectivity index is 2.28. The predicted octanol–water partition coefficient (Wildman–Crippen LogP) is 3.91. The average molecular weight is 254 g/mol. The fourth-order valence-corrected chi connectivity index (χ4v) is 1.65. The Morgan fingerprint density at radius 2 is 1.94 bits per heavy atom. The maximum absolute atomic E-state index is 13.5. The molecule has 2 aromatic rings. The Morgan fingerprint density at radius 1 is 1.18 bits per heavy atom. The summed E-state index contributed by atoms with van der Waals surface area (Å²) >= 11 is 5.57. The number of nitrogens with zero attached hydrogens (tertiary/aromatic N) is 1. The van der Waals surface area contributed by atoms with Crippen LogP contribution < -0.4 is 0 Å². The van der Waals surface area contributed by atoms with Crippen molar-refractivity contribution < 1.29 is 8.78 Å². The van der Waals surface area contributed by atoms with Crippen molar-refractivity contribution in [3.8, 4) is 0 Å². The highest BCUT2D eigenvalue weighted by atomic mass is 35.5. The van der Waals surface area contributed by atoms with Gasteiger partial charge in [-0.2, -0.15) is 0 Å². The first-order valence-electron chi connectivity index (χ1n) is 5.11. The molecule has 1 aromatic heterocycles. The van der Waals surface area contributed by atoms with E-state index in [-0.39, 0.29) is 17.3 Å². The lowest BCUT2D eigenvalue weighted by Crippen LogP contribution is -1.98. The third-order valence-electron chi connectivity index (χ3n) is 2.41. The maximum Gasteiger partial charge on any atom is 0.145 e. The lowest BCUT2D eigenvalue weighted by molar-refractivity contribution is 0.600. The Morgan fingerprint density at radius 3 is 2.59 bits per heavy atom. The molecule has 0 N–H and O–H groups in total. The van der Waals surface area contributed by atoms with Gasteiger partial charge < -0.3 is 0 Å². The fraction of sp³-hybridized carbons (Fsp3) is 0.154. The van der Waals surface area contributed by atoms with Gasteiger partial charge in [-0.1, -0.05) is 17.7 Å². The molecule has 0 aliphatic carbocycles. The standard InChI is InChI=1S/C13H10ClF2N/c1-8-4-12(16)13(17-7-8)6-9-2-3-10(14)11(15)5-9/h2-5,7H,6H2,1H3. The number of hydrogen-bond donors (Lipinski definition) is 0. The maximum atomic E-state index is 13.5. The van der Waals surface area contributed by atoms with Crippen LogP contribution in [0.2, 0.25) is 5.02 Å². The molecule has 1 aromatic carbocycles. The van der Waals surface area contributed by atoms with Crippen molar-refractivity contribution >= 4 is 11.6 Å². The van der Waals surface area contributed by atoms with Gasteiger partial charge in [0.1, 0.15) is 11.6 Å². The Kier molecular flexibility index (Phi) is 3.38. The first kappa shape index (κ1) is 12.0. The molecule has 2 rings (SSSR count). The third kappa shape index (κ3) is 2.80. The summed E-state index contributed by atoms with van der Waals surface area (Å²) in [6.07, 6.45) is 1.84. The molecule has 0 radical (unpaired) electrons. The van der Waals surface area contributed by atoms with Gasteiger partial charge in [0.2, 0.25) is 0 Å². The van der Waals surface area contributed by atoms with Crippen LogP contribution in [-0.4, -0.2) is 4.98 Å². The quantitative estimate of drug-likeness (QED) is 0.791. The molecule has 0 amide bonds. The van der Waals surface area contributed by atoms with E-state index in [0.29, 0.717) is 11.3 Å². The minimum Gasteiger partial charge on any atom is -0.258 e. The van der Waals surface area contributed by atoms with E-state index in [2.05, 4.69) is 4.98 Å². The lowest BCUT2D eigenvalue weighted by Gasteiger charge is -2.04. The normalized spacial score (nSPS) is 10.6. The van der Waals surface area contributed by atoms with Crippen LogP contribution in [0.3, 0.4) is 0 Å². The van der Waals surface area contributed by atoms with Crippen molar-refractivity contribution in [1.29, 1.82) is 0 Å². The van der Waals surface area contributed by atoms with Gasteiger partial charge in [0.15, 0.2) is 0 Å².